The number of benzene rings is 2. The van der Waals surface area contributed by atoms with Gasteiger partial charge < -0.3 is 36.2 Å². The number of fused-ring (bicyclic) bond motifs is 6. The Morgan fingerprint density at radius 1 is 0.800 bits per heavy atom. The van der Waals surface area contributed by atoms with E-state index in [0.717, 1.165) is 86.0 Å². The molecule has 0 bridgehead atoms. The van der Waals surface area contributed by atoms with Crippen molar-refractivity contribution >= 4 is 103 Å². The molecule has 6 heterocycles. The highest BCUT2D eigenvalue weighted by Gasteiger charge is 2.23. The van der Waals surface area contributed by atoms with Crippen LogP contribution in [0, 0.1) is 0 Å². The molecule has 0 fully saturated rings. The molecule has 8 rings (SSSR count). The molecule has 0 saturated carbocycles. The lowest BCUT2D eigenvalue weighted by Gasteiger charge is -2.25. The van der Waals surface area contributed by atoms with Crippen LogP contribution in [0.1, 0.15) is 59.1 Å². The van der Waals surface area contributed by atoms with E-state index in [1.807, 2.05) is 76.2 Å². The van der Waals surface area contributed by atoms with Gasteiger partial charge in [0, 0.05) is 47.3 Å². The van der Waals surface area contributed by atoms with Gasteiger partial charge in [-0.25, -0.2) is 29.5 Å². The molecule has 9 N–H and O–H groups in total. The van der Waals surface area contributed by atoms with Gasteiger partial charge in [0.15, 0.2) is 0 Å². The topological polar surface area (TPSA) is 259 Å². The number of unbranched alkanes of at least 4 members (excludes halogenated alkanes) is 1. The van der Waals surface area contributed by atoms with Crippen LogP contribution in [0.4, 0.5) is 16.4 Å². The summed E-state index contributed by atoms with van der Waals surface area (Å²) in [6.07, 6.45) is 6.23. The monoisotopic (exact) mass is 877 g/mol. The third kappa shape index (κ3) is 10.5. The molecule has 6 aromatic heterocycles. The summed E-state index contributed by atoms with van der Waals surface area (Å²) in [7, 11) is 0. The van der Waals surface area contributed by atoms with Crippen molar-refractivity contribution < 1.29 is 19.4 Å². The van der Waals surface area contributed by atoms with E-state index in [-0.39, 0.29) is 25.0 Å². The second-order valence-corrected chi connectivity index (χ2v) is 15.5. The minimum Gasteiger partial charge on any atom is -0.479 e. The van der Waals surface area contributed by atoms with Crippen LogP contribution in [0.15, 0.2) is 60.9 Å². The molecular formula is C40H46Cl3N13O4. The van der Waals surface area contributed by atoms with Crippen molar-refractivity contribution in [3.63, 3.8) is 0 Å². The summed E-state index contributed by atoms with van der Waals surface area (Å²) < 4.78 is 5.48. The summed E-state index contributed by atoms with van der Waals surface area (Å²) in [5.74, 6) is 1.23. The van der Waals surface area contributed by atoms with Gasteiger partial charge in [0.1, 0.15) is 51.0 Å². The van der Waals surface area contributed by atoms with Crippen LogP contribution in [0.25, 0.3) is 66.4 Å². The Morgan fingerprint density at radius 2 is 1.28 bits per heavy atom. The number of H-pyrrole nitrogens is 4. The molecule has 1 amide bonds. The van der Waals surface area contributed by atoms with E-state index >= 15 is 0 Å². The number of imidazole rings is 2. The molecule has 0 spiro atoms. The van der Waals surface area contributed by atoms with Crippen LogP contribution >= 0.6 is 35.6 Å². The number of rotatable bonds is 9. The first-order chi connectivity index (χ1) is 28.1. The minimum atomic E-state index is -1.29. The quantitative estimate of drug-likeness (QED) is 0.0673. The van der Waals surface area contributed by atoms with Crippen molar-refractivity contribution in [2.75, 3.05) is 18.0 Å². The van der Waals surface area contributed by atoms with Gasteiger partial charge in [-0.1, -0.05) is 48.7 Å². The second kappa shape index (κ2) is 19.3. The summed E-state index contributed by atoms with van der Waals surface area (Å²) in [6.45, 7) is 10.4. The van der Waals surface area contributed by atoms with Gasteiger partial charge >= 0.3 is 12.1 Å². The number of anilines is 2. The Balaban J connectivity index is 0.000000202. The molecule has 0 radical (unpaired) electrons. The van der Waals surface area contributed by atoms with Crippen LogP contribution in [0.5, 0.6) is 0 Å². The van der Waals surface area contributed by atoms with E-state index in [2.05, 4.69) is 47.3 Å². The number of nitrogens with zero attached hydrogens (tertiary/aromatic N) is 7. The van der Waals surface area contributed by atoms with Crippen molar-refractivity contribution in [1.82, 2.24) is 55.2 Å². The lowest BCUT2D eigenvalue weighted by atomic mass is 10.1. The number of carboxylic acids is 1. The third-order valence-corrected chi connectivity index (χ3v) is 9.33. The molecular weight excluding hydrogens is 833 g/mol. The zero-order valence-corrected chi connectivity index (χ0v) is 35.8. The maximum Gasteiger partial charge on any atom is 0.410 e. The number of aromatic nitrogens is 10. The lowest BCUT2D eigenvalue weighted by Crippen LogP contribution is -2.36. The van der Waals surface area contributed by atoms with Crippen molar-refractivity contribution in [1.29, 1.82) is 0 Å². The largest absolute Gasteiger partial charge is 0.479 e. The molecule has 316 valence electrons. The minimum absolute atomic E-state index is 0. The number of hydrogen-bond donors (Lipinski definition) is 7. The molecule has 0 atom stereocenters. The van der Waals surface area contributed by atoms with E-state index in [9.17, 15) is 9.59 Å². The molecule has 17 nitrogen and oxygen atoms in total. The number of pyridine rings is 2. The number of ether oxygens (including phenoxy) is 1. The molecule has 8 aromatic rings. The van der Waals surface area contributed by atoms with E-state index < -0.39 is 16.4 Å². The number of halogens is 3. The number of nitrogens with two attached hydrogens (primary N) is 2. The maximum absolute atomic E-state index is 12.5. The maximum atomic E-state index is 12.5. The first-order valence-corrected chi connectivity index (χ1v) is 19.7. The third-order valence-electron chi connectivity index (χ3n) is 8.96. The summed E-state index contributed by atoms with van der Waals surface area (Å²) in [6, 6.07) is 15.8. The Hall–Kier alpha value is -6.17. The molecule has 0 aliphatic heterocycles. The van der Waals surface area contributed by atoms with E-state index in [1.165, 1.54) is 0 Å². The van der Waals surface area contributed by atoms with E-state index in [0.29, 0.717) is 29.5 Å². The van der Waals surface area contributed by atoms with Crippen LogP contribution in [-0.4, -0.2) is 89.3 Å². The number of carbonyl (C=O) groups excluding carboxylic acids is 1. The zero-order valence-electron chi connectivity index (χ0n) is 33.5. The molecule has 20 heteroatoms. The predicted octanol–water partition coefficient (Wildman–Crippen LogP) is 8.56. The second-order valence-electron chi connectivity index (χ2n) is 14.4. The number of alkyl halides is 2. The number of carboxylic acid groups (broad SMARTS) is 1. The fourth-order valence-electron chi connectivity index (χ4n) is 6.14. The summed E-state index contributed by atoms with van der Waals surface area (Å²) in [5.41, 5.74) is 20.3. The standard InChI is InChI=1S/C21H25N7O2.C17H18N6.C2H2Cl2O2.ClH/c1-5-28(20(29)30-21(2,3)4)11-16-25-17-13-7-6-12(14-8-9-23-27-14)10-15(13)24-19(22)18(17)26-16;1-2-3-4-14-21-15-11-6-5-10(12-7-8-19-23-12)9-13(11)20-17(18)16(15)22-14;3-1(4)2(5)6;/h6-10H,5,11H2,1-4H3,(H2,22,24)(H,23,27)(H,25,26);5-9H,2-4H2,1H3,(H2,18,20)(H,19,23)(H,21,22);1H,(H,5,6);1H. The molecule has 0 saturated heterocycles. The van der Waals surface area contributed by atoms with Gasteiger partial charge in [-0.3, -0.25) is 10.2 Å². The van der Waals surface area contributed by atoms with Gasteiger partial charge in [-0.2, -0.15) is 10.2 Å². The highest BCUT2D eigenvalue weighted by atomic mass is 35.5. The van der Waals surface area contributed by atoms with Gasteiger partial charge in [-0.15, -0.1) is 12.4 Å². The number of nitrogen functional groups attached to an aromatic ring is 2. The van der Waals surface area contributed by atoms with Gasteiger partial charge in [0.2, 0.25) is 4.84 Å². The number of aromatic amines is 4. The Labute approximate surface area is 360 Å². The number of amides is 1. The number of aliphatic carboxylic acids is 1. The van der Waals surface area contributed by atoms with Crippen molar-refractivity contribution in [3.8, 4) is 22.5 Å². The average molecular weight is 879 g/mol. The fraction of sp³-hybridized carbons (Fsp3) is 0.300. The first kappa shape index (κ1) is 44.9. The smallest absolute Gasteiger partial charge is 0.410 e. The Morgan fingerprint density at radius 3 is 1.70 bits per heavy atom. The van der Waals surface area contributed by atoms with Crippen LogP contribution in [0.3, 0.4) is 0 Å². The van der Waals surface area contributed by atoms with Gasteiger partial charge in [0.25, 0.3) is 0 Å². The summed E-state index contributed by atoms with van der Waals surface area (Å²) in [4.78, 5) is 47.3. The van der Waals surface area contributed by atoms with E-state index in [1.54, 1.807) is 17.3 Å². The number of nitrogens with one attached hydrogen (secondary N) is 4. The fourth-order valence-corrected chi connectivity index (χ4v) is 6.14. The van der Waals surface area contributed by atoms with Crippen LogP contribution in [-0.2, 0) is 22.5 Å². The normalized spacial score (nSPS) is 11.3. The Kier molecular flexibility index (Phi) is 14.4. The molecule has 60 heavy (non-hydrogen) atoms. The first-order valence-electron chi connectivity index (χ1n) is 18.8. The number of carbonyl (C=O) groups is 2. The van der Waals surface area contributed by atoms with Crippen molar-refractivity contribution in [2.45, 2.75) is 70.9 Å². The SMILES string of the molecule is CCCCc1nc2c([nH]1)c(N)nc1cc(-c3ccn[nH]3)ccc12.CCN(Cc1nc2c([nH]1)c(N)nc1cc(-c3ccn[nH]3)ccc12)C(=O)OC(C)(C)C.Cl.O=C(O)C(Cl)Cl. The average Bonchev–Trinajstić information content (AvgIpc) is 4.03. The van der Waals surface area contributed by atoms with Gasteiger partial charge in [-0.05, 0) is 70.5 Å². The lowest BCUT2D eigenvalue weighted by molar-refractivity contribution is -0.135. The predicted molar refractivity (Wildman–Crippen MR) is 238 cm³/mol. The van der Waals surface area contributed by atoms with Crippen molar-refractivity contribution in [3.05, 3.63) is 72.6 Å². The molecule has 0 aliphatic rings. The zero-order chi connectivity index (χ0) is 42.4. The molecule has 0 aliphatic carbocycles. The number of aryl methyl sites for hydroxylation is 1. The molecule has 0 unspecified atom stereocenters. The summed E-state index contributed by atoms with van der Waals surface area (Å²) >= 11 is 9.56. The Bertz CT molecular complexity index is 2710. The van der Waals surface area contributed by atoms with Crippen LogP contribution < -0.4 is 11.5 Å². The highest BCUT2D eigenvalue weighted by molar-refractivity contribution is 6.52. The van der Waals surface area contributed by atoms with Crippen LogP contribution in [0.2, 0.25) is 0 Å². The highest BCUT2D eigenvalue weighted by Crippen LogP contribution is 2.31. The number of hydrogen-bond acceptors (Lipinski definition) is 11. The summed E-state index contributed by atoms with van der Waals surface area (Å²) in [5, 5.41) is 23.5. The van der Waals surface area contributed by atoms with Gasteiger partial charge in [0.05, 0.1) is 29.0 Å². The molecule has 2 aromatic carbocycles. The van der Waals surface area contributed by atoms with E-state index in [4.69, 9.17) is 54.5 Å². The van der Waals surface area contributed by atoms with Crippen molar-refractivity contribution in [2.24, 2.45) is 0 Å².